The molecule has 19 heteroatoms. The van der Waals surface area contributed by atoms with Gasteiger partial charge in [0.2, 0.25) is 0 Å². The Hall–Kier alpha value is -6.01. The largest absolute Gasteiger partial charge is 0.487 e. The summed E-state index contributed by atoms with van der Waals surface area (Å²) in [4.78, 5) is 107. The molecule has 57 heavy (non-hydrogen) atoms. The van der Waals surface area contributed by atoms with E-state index in [1.807, 2.05) is 44.5 Å². The van der Waals surface area contributed by atoms with Gasteiger partial charge in [0.25, 0.3) is 23.6 Å². The lowest BCUT2D eigenvalue weighted by molar-refractivity contribution is -0.167. The normalized spacial score (nSPS) is 20.9. The van der Waals surface area contributed by atoms with Crippen molar-refractivity contribution >= 4 is 47.5 Å². The Morgan fingerprint density at radius 3 is 1.74 bits per heavy atom. The zero-order chi connectivity index (χ0) is 42.7. The number of rotatable bonds is 6. The number of cyclic esters (lactones) is 4. The van der Waals surface area contributed by atoms with Gasteiger partial charge >= 0.3 is 23.9 Å². The zero-order valence-corrected chi connectivity index (χ0v) is 34.1. The minimum Gasteiger partial charge on any atom is -0.487 e. The molecule has 3 unspecified atom stereocenters. The van der Waals surface area contributed by atoms with E-state index in [1.165, 1.54) is 42.0 Å². The fraction of sp³-hybridized carbons (Fsp3) is 0.553. The predicted molar refractivity (Wildman–Crippen MR) is 199 cm³/mol. The van der Waals surface area contributed by atoms with Crippen molar-refractivity contribution < 1.29 is 62.0 Å². The molecular weight excluding hydrogens is 748 g/mol. The van der Waals surface area contributed by atoms with Gasteiger partial charge in [-0.1, -0.05) is 24.3 Å². The van der Waals surface area contributed by atoms with Gasteiger partial charge in [-0.05, 0) is 52.7 Å². The molecule has 1 saturated heterocycles. The molecule has 1 aliphatic heterocycles. The monoisotopic (exact) mass is 800 g/mol. The maximum atomic E-state index is 13.7. The molecule has 0 radical (unpaired) electrons. The Morgan fingerprint density at radius 1 is 0.702 bits per heavy atom. The first-order valence-electron chi connectivity index (χ1n) is 18.2. The number of nitrogens with zero attached hydrogens (tertiary/aromatic N) is 6. The lowest BCUT2D eigenvalue weighted by Gasteiger charge is -2.29. The van der Waals surface area contributed by atoms with E-state index in [0.29, 0.717) is 12.1 Å². The van der Waals surface area contributed by atoms with Crippen LogP contribution >= 0.6 is 0 Å². The van der Waals surface area contributed by atoms with Gasteiger partial charge in [-0.3, -0.25) is 38.2 Å². The van der Waals surface area contributed by atoms with Crippen molar-refractivity contribution in [2.75, 3.05) is 61.0 Å². The number of esters is 4. The molecule has 3 atom stereocenters. The van der Waals surface area contributed by atoms with Crippen LogP contribution < -0.4 is 4.74 Å². The maximum Gasteiger partial charge on any atom is 0.329 e. The van der Waals surface area contributed by atoms with Crippen LogP contribution in [0.4, 0.5) is 0 Å². The second-order valence-corrected chi connectivity index (χ2v) is 14.0. The third kappa shape index (κ3) is 13.0. The Labute approximate surface area is 331 Å². The van der Waals surface area contributed by atoms with Crippen molar-refractivity contribution in [2.24, 2.45) is 0 Å². The average molecular weight is 801 g/mol. The van der Waals surface area contributed by atoms with Crippen LogP contribution in [0.25, 0.3) is 0 Å². The molecule has 0 aliphatic carbocycles. The first-order valence-corrected chi connectivity index (χ1v) is 18.2. The summed E-state index contributed by atoms with van der Waals surface area (Å²) in [5, 5.41) is 4.60. The Bertz CT molecular complexity index is 1830. The zero-order valence-electron chi connectivity index (χ0n) is 34.1. The summed E-state index contributed by atoms with van der Waals surface area (Å²) in [6.07, 6.45) is -2.87. The van der Waals surface area contributed by atoms with Crippen molar-refractivity contribution in [3.63, 3.8) is 0 Å². The number of carbonyl (C=O) groups excluding carboxylic acids is 8. The van der Waals surface area contributed by atoms with Crippen LogP contribution in [0.5, 0.6) is 5.75 Å². The summed E-state index contributed by atoms with van der Waals surface area (Å²) in [6.45, 7) is 7.24. The van der Waals surface area contributed by atoms with Gasteiger partial charge < -0.3 is 43.3 Å². The third-order valence-corrected chi connectivity index (χ3v) is 8.87. The quantitative estimate of drug-likeness (QED) is 0.279. The highest BCUT2D eigenvalue weighted by atomic mass is 16.6. The molecule has 4 amide bonds. The Morgan fingerprint density at radius 2 is 1.19 bits per heavy atom. The number of likely N-dealkylation sites (N-methyl/N-ethyl adjacent to an activating group) is 4. The number of benzene rings is 1. The second kappa shape index (κ2) is 20.2. The van der Waals surface area contributed by atoms with Gasteiger partial charge in [-0.15, -0.1) is 0 Å². The predicted octanol–water partition coefficient (Wildman–Crippen LogP) is 0.0435. The Balaban J connectivity index is 1.84. The van der Waals surface area contributed by atoms with E-state index in [2.05, 4.69) is 5.10 Å². The summed E-state index contributed by atoms with van der Waals surface area (Å²) in [5.74, 6) is -6.27. The number of aryl methyl sites for hydroxylation is 1. The topological polar surface area (TPSA) is 213 Å². The number of ether oxygens (including phenoxy) is 5. The van der Waals surface area contributed by atoms with Crippen molar-refractivity contribution in [1.82, 2.24) is 29.4 Å². The van der Waals surface area contributed by atoms with E-state index in [-0.39, 0.29) is 12.5 Å². The van der Waals surface area contributed by atoms with Crippen LogP contribution in [0.15, 0.2) is 24.3 Å². The molecule has 1 aliphatic rings. The maximum absolute atomic E-state index is 13.7. The standard InChI is InChI=1S/C38H52N6O13/c1-22(2)55-35-23(3)39-44(24(35)4)16-28-13-11-27(12-14-28)15-29-38(52)57-26(6)37(51)42(9)17-32(47)53-20-30(45)40(7)19-34(49)56-25(5)36(50)41(8)18-33(48)54-21-31(46)43(29)10/h11-14,22,25-26,29H,15-21H2,1-10H3. The van der Waals surface area contributed by atoms with Gasteiger partial charge in [-0.25, -0.2) is 4.79 Å². The first kappa shape index (κ1) is 45.4. The van der Waals surface area contributed by atoms with Crippen molar-refractivity contribution in [3.05, 3.63) is 46.8 Å². The molecule has 2 aromatic rings. The van der Waals surface area contributed by atoms with Crippen molar-refractivity contribution in [2.45, 2.75) is 78.9 Å². The van der Waals surface area contributed by atoms with Crippen LogP contribution in [0.2, 0.25) is 0 Å². The van der Waals surface area contributed by atoms with Crippen LogP contribution in [0.1, 0.15) is 50.2 Å². The van der Waals surface area contributed by atoms with Gasteiger partial charge in [0, 0.05) is 34.6 Å². The summed E-state index contributed by atoms with van der Waals surface area (Å²) in [6, 6.07) is 5.91. The summed E-state index contributed by atoms with van der Waals surface area (Å²) in [7, 11) is 5.06. The third-order valence-electron chi connectivity index (χ3n) is 8.87. The smallest absolute Gasteiger partial charge is 0.329 e. The average Bonchev–Trinajstić information content (AvgIpc) is 3.40. The number of amides is 4. The van der Waals surface area contributed by atoms with E-state index in [0.717, 1.165) is 42.3 Å². The van der Waals surface area contributed by atoms with Crippen LogP contribution in [0.3, 0.4) is 0 Å². The number of hydrogen-bond acceptors (Lipinski definition) is 14. The minimum atomic E-state index is -1.42. The minimum absolute atomic E-state index is 0.0219. The SMILES string of the molecule is Cc1nn(Cc2ccc(CC3C(=O)OC(C)C(=O)N(C)CC(=O)OCC(=O)N(C)CC(=O)OC(C)C(=O)N(C)CC(=O)OCC(=O)N3C)cc2)c(C)c1OC(C)C. The van der Waals surface area contributed by atoms with Crippen molar-refractivity contribution in [3.8, 4) is 5.75 Å². The first-order chi connectivity index (χ1) is 26.7. The molecule has 3 rings (SSSR count). The molecule has 1 aromatic heterocycles. The van der Waals surface area contributed by atoms with Crippen LogP contribution in [-0.4, -0.2) is 162 Å². The van der Waals surface area contributed by atoms with Gasteiger partial charge in [0.1, 0.15) is 31.4 Å². The van der Waals surface area contributed by atoms with Crippen LogP contribution in [-0.2, 0) is 70.3 Å². The summed E-state index contributed by atoms with van der Waals surface area (Å²) < 4.78 is 28.4. The molecule has 1 fully saturated rings. The van der Waals surface area contributed by atoms with E-state index < -0.39 is 98.6 Å². The summed E-state index contributed by atoms with van der Waals surface area (Å²) >= 11 is 0. The van der Waals surface area contributed by atoms with Crippen LogP contribution in [0, 0.1) is 13.8 Å². The van der Waals surface area contributed by atoms with E-state index >= 15 is 0 Å². The fourth-order valence-corrected chi connectivity index (χ4v) is 5.59. The number of hydrogen-bond donors (Lipinski definition) is 0. The molecule has 312 valence electrons. The molecule has 2 heterocycles. The number of carbonyl (C=O) groups is 8. The highest BCUT2D eigenvalue weighted by Crippen LogP contribution is 2.24. The molecule has 19 nitrogen and oxygen atoms in total. The molecular formula is C38H52N6O13. The fourth-order valence-electron chi connectivity index (χ4n) is 5.59. The molecule has 0 saturated carbocycles. The number of aromatic nitrogens is 2. The molecule has 0 N–H and O–H groups in total. The van der Waals surface area contributed by atoms with Gasteiger partial charge in [0.15, 0.2) is 31.2 Å². The molecule has 0 bridgehead atoms. The van der Waals surface area contributed by atoms with E-state index in [4.69, 9.17) is 23.7 Å². The summed E-state index contributed by atoms with van der Waals surface area (Å²) in [5.41, 5.74) is 3.13. The Kier molecular flexibility index (Phi) is 16.1. The highest BCUT2D eigenvalue weighted by molar-refractivity contribution is 5.91. The van der Waals surface area contributed by atoms with Crippen molar-refractivity contribution in [1.29, 1.82) is 0 Å². The van der Waals surface area contributed by atoms with E-state index in [1.54, 1.807) is 12.1 Å². The van der Waals surface area contributed by atoms with Gasteiger partial charge in [0.05, 0.1) is 18.3 Å². The lowest BCUT2D eigenvalue weighted by Crippen LogP contribution is -2.49. The second-order valence-electron chi connectivity index (χ2n) is 14.0. The molecule has 1 aromatic carbocycles. The van der Waals surface area contributed by atoms with E-state index in [9.17, 15) is 38.4 Å². The highest BCUT2D eigenvalue weighted by Gasteiger charge is 2.33. The molecule has 0 spiro atoms. The van der Waals surface area contributed by atoms with Gasteiger partial charge in [-0.2, -0.15) is 5.10 Å². The lowest BCUT2D eigenvalue weighted by atomic mass is 10.0.